The SMILES string of the molecule is CC[C@@H](C(=O)NC1CCCC1)N(Cc1ccc(OC)cc1)C(=O)COc1ccc(Br)cc1. The Kier molecular flexibility index (Phi) is 8.97. The predicted octanol–water partition coefficient (Wildman–Crippen LogP) is 4.70. The monoisotopic (exact) mass is 502 g/mol. The standard InChI is InChI=1S/C25H31BrN2O4/c1-3-23(25(30)27-20-6-4-5-7-20)28(16-18-8-12-21(31-2)13-9-18)24(29)17-32-22-14-10-19(26)11-15-22/h8-15,20,23H,3-7,16-17H2,1-2H3,(H,27,30)/t23-/m0/s1. The lowest BCUT2D eigenvalue weighted by atomic mass is 10.1. The number of hydrogen-bond donors (Lipinski definition) is 1. The van der Waals surface area contributed by atoms with Crippen molar-refractivity contribution in [3.05, 3.63) is 58.6 Å². The minimum Gasteiger partial charge on any atom is -0.497 e. The van der Waals surface area contributed by atoms with Crippen molar-refractivity contribution in [3.8, 4) is 11.5 Å². The normalized spacial score (nSPS) is 14.6. The van der Waals surface area contributed by atoms with Crippen LogP contribution in [0.3, 0.4) is 0 Å². The van der Waals surface area contributed by atoms with Crippen LogP contribution in [0.5, 0.6) is 11.5 Å². The van der Waals surface area contributed by atoms with E-state index < -0.39 is 6.04 Å². The quantitative estimate of drug-likeness (QED) is 0.511. The lowest BCUT2D eigenvalue weighted by Gasteiger charge is -2.31. The third-order valence-electron chi connectivity index (χ3n) is 5.78. The second-order valence-corrected chi connectivity index (χ2v) is 8.94. The Morgan fingerprint density at radius 1 is 1.06 bits per heavy atom. The maximum Gasteiger partial charge on any atom is 0.261 e. The summed E-state index contributed by atoms with van der Waals surface area (Å²) in [5.41, 5.74) is 0.926. The summed E-state index contributed by atoms with van der Waals surface area (Å²) in [7, 11) is 1.62. The molecule has 0 spiro atoms. The summed E-state index contributed by atoms with van der Waals surface area (Å²) in [5, 5.41) is 3.15. The number of halogens is 1. The zero-order valence-electron chi connectivity index (χ0n) is 18.7. The molecule has 0 radical (unpaired) electrons. The average molecular weight is 503 g/mol. The molecule has 1 fully saturated rings. The van der Waals surface area contributed by atoms with E-state index in [1.54, 1.807) is 24.1 Å². The molecule has 0 unspecified atom stereocenters. The van der Waals surface area contributed by atoms with Crippen LogP contribution < -0.4 is 14.8 Å². The minimum absolute atomic E-state index is 0.0927. The van der Waals surface area contributed by atoms with Crippen molar-refractivity contribution in [3.63, 3.8) is 0 Å². The van der Waals surface area contributed by atoms with Crippen LogP contribution in [0.1, 0.15) is 44.6 Å². The van der Waals surface area contributed by atoms with E-state index >= 15 is 0 Å². The van der Waals surface area contributed by atoms with Crippen molar-refractivity contribution >= 4 is 27.7 Å². The summed E-state index contributed by atoms with van der Waals surface area (Å²) in [6.07, 6.45) is 4.80. The van der Waals surface area contributed by atoms with Crippen LogP contribution in [-0.4, -0.2) is 42.5 Å². The summed E-state index contributed by atoms with van der Waals surface area (Å²) in [6, 6.07) is 14.5. The van der Waals surface area contributed by atoms with Crippen molar-refractivity contribution in [1.82, 2.24) is 10.2 Å². The van der Waals surface area contributed by atoms with Gasteiger partial charge in [-0.25, -0.2) is 0 Å². The van der Waals surface area contributed by atoms with Crippen LogP contribution in [0.4, 0.5) is 0 Å². The van der Waals surface area contributed by atoms with Gasteiger partial charge < -0.3 is 19.7 Å². The van der Waals surface area contributed by atoms with Gasteiger partial charge in [0.15, 0.2) is 6.61 Å². The van der Waals surface area contributed by atoms with E-state index in [-0.39, 0.29) is 24.5 Å². The highest BCUT2D eigenvalue weighted by Crippen LogP contribution is 2.21. The number of ether oxygens (including phenoxy) is 2. The highest BCUT2D eigenvalue weighted by molar-refractivity contribution is 9.10. The van der Waals surface area contributed by atoms with Gasteiger partial charge in [-0.15, -0.1) is 0 Å². The van der Waals surface area contributed by atoms with E-state index in [9.17, 15) is 9.59 Å². The molecule has 3 rings (SSSR count). The second kappa shape index (κ2) is 11.9. The zero-order valence-corrected chi connectivity index (χ0v) is 20.3. The van der Waals surface area contributed by atoms with Crippen molar-refractivity contribution < 1.29 is 19.1 Å². The van der Waals surface area contributed by atoms with E-state index in [0.717, 1.165) is 41.5 Å². The van der Waals surface area contributed by atoms with Crippen LogP contribution in [0.15, 0.2) is 53.0 Å². The Hall–Kier alpha value is -2.54. The fourth-order valence-electron chi connectivity index (χ4n) is 3.97. The lowest BCUT2D eigenvalue weighted by molar-refractivity contribution is -0.143. The number of methoxy groups -OCH3 is 1. The van der Waals surface area contributed by atoms with E-state index in [0.29, 0.717) is 18.7 Å². The second-order valence-electron chi connectivity index (χ2n) is 8.03. The van der Waals surface area contributed by atoms with Crippen LogP contribution >= 0.6 is 15.9 Å². The smallest absolute Gasteiger partial charge is 0.261 e. The number of hydrogen-bond acceptors (Lipinski definition) is 4. The summed E-state index contributed by atoms with van der Waals surface area (Å²) in [4.78, 5) is 28.0. The number of rotatable bonds is 10. The highest BCUT2D eigenvalue weighted by Gasteiger charge is 2.30. The summed E-state index contributed by atoms with van der Waals surface area (Å²) < 4.78 is 11.9. The molecule has 1 aliphatic rings. The molecule has 0 aromatic heterocycles. The largest absolute Gasteiger partial charge is 0.497 e. The van der Waals surface area contributed by atoms with Gasteiger partial charge in [-0.3, -0.25) is 9.59 Å². The molecule has 2 amide bonds. The van der Waals surface area contributed by atoms with Crippen LogP contribution in [-0.2, 0) is 16.1 Å². The Morgan fingerprint density at radius 3 is 2.28 bits per heavy atom. The molecule has 0 saturated heterocycles. The van der Waals surface area contributed by atoms with Crippen LogP contribution in [0.2, 0.25) is 0 Å². The Labute approximate surface area is 198 Å². The fraction of sp³-hybridized carbons (Fsp3) is 0.440. The Morgan fingerprint density at radius 2 is 1.69 bits per heavy atom. The number of nitrogens with one attached hydrogen (secondary N) is 1. The van der Waals surface area contributed by atoms with Crippen molar-refractivity contribution in [1.29, 1.82) is 0 Å². The number of benzene rings is 2. The van der Waals surface area contributed by atoms with Gasteiger partial charge in [0, 0.05) is 17.1 Å². The Balaban J connectivity index is 1.74. The Bertz CT molecular complexity index is 880. The molecular weight excluding hydrogens is 472 g/mol. The zero-order chi connectivity index (χ0) is 22.9. The van der Waals surface area contributed by atoms with Gasteiger partial charge in [-0.1, -0.05) is 47.8 Å². The third kappa shape index (κ3) is 6.73. The molecule has 1 aliphatic carbocycles. The van der Waals surface area contributed by atoms with Crippen LogP contribution in [0, 0.1) is 0 Å². The van der Waals surface area contributed by atoms with E-state index in [1.165, 1.54) is 0 Å². The van der Waals surface area contributed by atoms with Crippen molar-refractivity contribution in [2.24, 2.45) is 0 Å². The van der Waals surface area contributed by atoms with Gasteiger partial charge in [0.2, 0.25) is 5.91 Å². The molecule has 0 heterocycles. The average Bonchev–Trinajstić information content (AvgIpc) is 3.31. The number of nitrogens with zero attached hydrogens (tertiary/aromatic N) is 1. The third-order valence-corrected chi connectivity index (χ3v) is 6.30. The molecule has 1 saturated carbocycles. The topological polar surface area (TPSA) is 67.9 Å². The van der Waals surface area contributed by atoms with Crippen molar-refractivity contribution in [2.45, 2.75) is 57.7 Å². The maximum absolute atomic E-state index is 13.2. The van der Waals surface area contributed by atoms with E-state index in [2.05, 4.69) is 21.2 Å². The summed E-state index contributed by atoms with van der Waals surface area (Å²) in [5.74, 6) is 1.03. The number of carbonyl (C=O) groups is 2. The first-order chi connectivity index (χ1) is 15.5. The predicted molar refractivity (Wildman–Crippen MR) is 128 cm³/mol. The first-order valence-corrected chi connectivity index (χ1v) is 11.9. The molecule has 172 valence electrons. The minimum atomic E-state index is -0.557. The molecule has 0 aliphatic heterocycles. The van der Waals surface area contributed by atoms with Gasteiger partial charge in [-0.05, 0) is 61.2 Å². The molecule has 32 heavy (non-hydrogen) atoms. The molecule has 0 bridgehead atoms. The first kappa shape index (κ1) is 24.1. The summed E-state index contributed by atoms with van der Waals surface area (Å²) >= 11 is 3.39. The molecular formula is C25H31BrN2O4. The highest BCUT2D eigenvalue weighted by atomic mass is 79.9. The van der Waals surface area contributed by atoms with Gasteiger partial charge >= 0.3 is 0 Å². The molecule has 6 nitrogen and oxygen atoms in total. The first-order valence-electron chi connectivity index (χ1n) is 11.1. The van der Waals surface area contributed by atoms with E-state index in [4.69, 9.17) is 9.47 Å². The van der Waals surface area contributed by atoms with Gasteiger partial charge in [0.05, 0.1) is 7.11 Å². The fourth-order valence-corrected chi connectivity index (χ4v) is 4.24. The number of amides is 2. The molecule has 1 atom stereocenters. The molecule has 1 N–H and O–H groups in total. The molecule has 2 aromatic rings. The molecule has 7 heteroatoms. The lowest BCUT2D eigenvalue weighted by Crippen LogP contribution is -2.52. The van der Waals surface area contributed by atoms with Crippen LogP contribution in [0.25, 0.3) is 0 Å². The molecule has 2 aromatic carbocycles. The van der Waals surface area contributed by atoms with E-state index in [1.807, 2.05) is 43.3 Å². The summed E-state index contributed by atoms with van der Waals surface area (Å²) in [6.45, 7) is 2.12. The van der Waals surface area contributed by atoms with Crippen molar-refractivity contribution in [2.75, 3.05) is 13.7 Å². The number of carbonyl (C=O) groups excluding carboxylic acids is 2. The van der Waals surface area contributed by atoms with Gasteiger partial charge in [0.25, 0.3) is 5.91 Å². The maximum atomic E-state index is 13.2. The van der Waals surface area contributed by atoms with Gasteiger partial charge in [0.1, 0.15) is 17.5 Å². The van der Waals surface area contributed by atoms with Gasteiger partial charge in [-0.2, -0.15) is 0 Å².